The molecular weight excluding hydrogens is 388 g/mol. The number of benzene rings is 1. The molecule has 2 N–H and O–H groups in total. The molecule has 29 heavy (non-hydrogen) atoms. The Morgan fingerprint density at radius 3 is 2.38 bits per heavy atom. The summed E-state index contributed by atoms with van der Waals surface area (Å²) in [6.45, 7) is 6.54. The van der Waals surface area contributed by atoms with Crippen molar-refractivity contribution in [3.05, 3.63) is 42.7 Å². The molecule has 1 aromatic heterocycles. The van der Waals surface area contributed by atoms with Crippen molar-refractivity contribution in [3.63, 3.8) is 0 Å². The van der Waals surface area contributed by atoms with Gasteiger partial charge in [0.15, 0.2) is 0 Å². The van der Waals surface area contributed by atoms with Crippen LogP contribution in [0.5, 0.6) is 0 Å². The van der Waals surface area contributed by atoms with Crippen LogP contribution in [0.25, 0.3) is 0 Å². The first-order valence-electron chi connectivity index (χ1n) is 9.97. The van der Waals surface area contributed by atoms with Crippen LogP contribution in [0.15, 0.2) is 47.6 Å². The summed E-state index contributed by atoms with van der Waals surface area (Å²) in [4.78, 5) is 20.7. The number of hydrogen-bond donors (Lipinski definition) is 2. The van der Waals surface area contributed by atoms with Crippen molar-refractivity contribution in [1.82, 2.24) is 9.97 Å². The number of carbonyl (C=O) groups excluding carboxylic acids is 1. The summed E-state index contributed by atoms with van der Waals surface area (Å²) in [7, 11) is -3.79. The van der Waals surface area contributed by atoms with E-state index in [9.17, 15) is 13.2 Å². The van der Waals surface area contributed by atoms with E-state index in [1.54, 1.807) is 18.2 Å². The average molecular weight is 417 g/mol. The molecule has 1 fully saturated rings. The lowest BCUT2D eigenvalue weighted by atomic mass is 9.70. The van der Waals surface area contributed by atoms with Gasteiger partial charge in [-0.1, -0.05) is 27.2 Å². The molecule has 0 saturated heterocycles. The Morgan fingerprint density at radius 2 is 1.76 bits per heavy atom. The van der Waals surface area contributed by atoms with Gasteiger partial charge in [-0.3, -0.25) is 4.79 Å². The molecule has 1 saturated carbocycles. The quantitative estimate of drug-likeness (QED) is 0.743. The number of carbonyl (C=O) groups is 1. The lowest BCUT2D eigenvalue weighted by molar-refractivity contribution is -0.123. The second kappa shape index (κ2) is 8.90. The van der Waals surface area contributed by atoms with Gasteiger partial charge in [0.05, 0.1) is 4.90 Å². The fourth-order valence-electron chi connectivity index (χ4n) is 3.99. The Hall–Kier alpha value is -2.48. The predicted molar refractivity (Wildman–Crippen MR) is 113 cm³/mol. The third-order valence-corrected chi connectivity index (χ3v) is 6.93. The molecule has 0 radical (unpaired) electrons. The van der Waals surface area contributed by atoms with Gasteiger partial charge in [0.25, 0.3) is 10.0 Å². The van der Waals surface area contributed by atoms with E-state index >= 15 is 0 Å². The van der Waals surface area contributed by atoms with Crippen LogP contribution in [0.1, 0.15) is 40.0 Å². The molecule has 3 rings (SSSR count). The van der Waals surface area contributed by atoms with Gasteiger partial charge in [-0.25, -0.2) is 23.1 Å². The van der Waals surface area contributed by atoms with Crippen LogP contribution < -0.4 is 10.0 Å². The van der Waals surface area contributed by atoms with Crippen LogP contribution in [-0.2, 0) is 14.8 Å². The molecule has 156 valence electrons. The van der Waals surface area contributed by atoms with Crippen molar-refractivity contribution in [2.75, 3.05) is 10.0 Å². The molecule has 2 aromatic rings. The van der Waals surface area contributed by atoms with Gasteiger partial charge in [-0.15, -0.1) is 0 Å². The van der Waals surface area contributed by atoms with E-state index in [2.05, 4.69) is 40.8 Å². The molecule has 7 nitrogen and oxygen atoms in total. The highest BCUT2D eigenvalue weighted by atomic mass is 32.2. The Kier molecular flexibility index (Phi) is 6.52. The summed E-state index contributed by atoms with van der Waals surface area (Å²) in [5, 5.41) is 2.97. The Balaban J connectivity index is 1.69. The Bertz CT molecular complexity index is 930. The largest absolute Gasteiger partial charge is 0.326 e. The molecule has 8 heteroatoms. The summed E-state index contributed by atoms with van der Waals surface area (Å²) in [5.74, 6) is 1.38. The predicted octanol–water partition coefficient (Wildman–Crippen LogP) is 3.92. The molecular formula is C21H28N4O3S. The molecule has 0 aliphatic heterocycles. The molecule has 0 unspecified atom stereocenters. The average Bonchev–Trinajstić information content (AvgIpc) is 2.68. The molecule has 1 amide bonds. The van der Waals surface area contributed by atoms with Crippen molar-refractivity contribution in [2.24, 2.45) is 23.7 Å². The maximum absolute atomic E-state index is 12.9. The first-order valence-corrected chi connectivity index (χ1v) is 11.5. The van der Waals surface area contributed by atoms with Gasteiger partial charge in [0.2, 0.25) is 11.9 Å². The Labute approximate surface area is 172 Å². The van der Waals surface area contributed by atoms with Gasteiger partial charge in [-0.05, 0) is 60.9 Å². The molecule has 1 aliphatic carbocycles. The highest BCUT2D eigenvalue weighted by molar-refractivity contribution is 7.92. The van der Waals surface area contributed by atoms with E-state index in [-0.39, 0.29) is 22.7 Å². The maximum atomic E-state index is 12.9. The van der Waals surface area contributed by atoms with Crippen LogP contribution in [0, 0.1) is 23.7 Å². The van der Waals surface area contributed by atoms with Gasteiger partial charge in [-0.2, -0.15) is 0 Å². The van der Waals surface area contributed by atoms with Crippen molar-refractivity contribution in [2.45, 2.75) is 44.9 Å². The third kappa shape index (κ3) is 5.32. The van der Waals surface area contributed by atoms with E-state index in [0.29, 0.717) is 23.4 Å². The zero-order valence-electron chi connectivity index (χ0n) is 17.0. The summed E-state index contributed by atoms with van der Waals surface area (Å²) >= 11 is 0. The molecule has 1 heterocycles. The molecule has 0 bridgehead atoms. The van der Waals surface area contributed by atoms with E-state index < -0.39 is 10.0 Å². The minimum atomic E-state index is -3.79. The fraction of sp³-hybridized carbons (Fsp3) is 0.476. The van der Waals surface area contributed by atoms with E-state index in [4.69, 9.17) is 0 Å². The highest BCUT2D eigenvalue weighted by Crippen LogP contribution is 2.38. The molecule has 1 aliphatic rings. The van der Waals surface area contributed by atoms with E-state index in [0.717, 1.165) is 19.3 Å². The van der Waals surface area contributed by atoms with Crippen molar-refractivity contribution >= 4 is 27.6 Å². The second-order valence-corrected chi connectivity index (χ2v) is 9.81. The van der Waals surface area contributed by atoms with Crippen LogP contribution in [0.4, 0.5) is 11.6 Å². The van der Waals surface area contributed by atoms with E-state index in [1.165, 1.54) is 24.5 Å². The van der Waals surface area contributed by atoms with E-state index in [1.807, 2.05) is 0 Å². The second-order valence-electron chi connectivity index (χ2n) is 8.12. The third-order valence-electron chi connectivity index (χ3n) is 5.58. The highest BCUT2D eigenvalue weighted by Gasteiger charge is 2.35. The summed E-state index contributed by atoms with van der Waals surface area (Å²) < 4.78 is 27.2. The Morgan fingerprint density at radius 1 is 1.10 bits per heavy atom. The van der Waals surface area contributed by atoms with Gasteiger partial charge >= 0.3 is 0 Å². The number of aromatic nitrogens is 2. The first kappa shape index (κ1) is 21.2. The number of amides is 1. The number of nitrogens with one attached hydrogen (secondary N) is 2. The lowest BCUT2D eigenvalue weighted by Crippen LogP contribution is -2.36. The van der Waals surface area contributed by atoms with Crippen LogP contribution in [0.2, 0.25) is 0 Å². The smallest absolute Gasteiger partial charge is 0.264 e. The topological polar surface area (TPSA) is 101 Å². The molecule has 0 spiro atoms. The van der Waals surface area contributed by atoms with Crippen LogP contribution >= 0.6 is 0 Å². The van der Waals surface area contributed by atoms with Crippen LogP contribution in [-0.4, -0.2) is 24.3 Å². The molecule has 1 aromatic carbocycles. The minimum absolute atomic E-state index is 0.0102. The zero-order chi connectivity index (χ0) is 21.0. The zero-order valence-corrected chi connectivity index (χ0v) is 17.8. The van der Waals surface area contributed by atoms with Crippen molar-refractivity contribution in [3.8, 4) is 0 Å². The maximum Gasteiger partial charge on any atom is 0.264 e. The number of anilines is 2. The minimum Gasteiger partial charge on any atom is -0.326 e. The number of hydrogen-bond acceptors (Lipinski definition) is 5. The SMILES string of the molecule is CC(C)[C@@H]1CC[C@@H](C)C[C@H]1C(=O)Nc1ccc(S(=O)(=O)Nc2ncccn2)cc1. The van der Waals surface area contributed by atoms with Gasteiger partial charge in [0, 0.05) is 24.0 Å². The van der Waals surface area contributed by atoms with Gasteiger partial charge < -0.3 is 5.32 Å². The fourth-order valence-corrected chi connectivity index (χ4v) is 4.94. The number of sulfonamides is 1. The van der Waals surface area contributed by atoms with Gasteiger partial charge in [0.1, 0.15) is 0 Å². The monoisotopic (exact) mass is 416 g/mol. The van der Waals surface area contributed by atoms with Crippen LogP contribution in [0.3, 0.4) is 0 Å². The summed E-state index contributed by atoms with van der Waals surface area (Å²) in [6.07, 6.45) is 6.04. The number of nitrogens with zero attached hydrogens (tertiary/aromatic N) is 2. The molecule has 3 atom stereocenters. The number of rotatable bonds is 6. The summed E-state index contributed by atoms with van der Waals surface area (Å²) in [6, 6.07) is 7.74. The lowest BCUT2D eigenvalue weighted by Gasteiger charge is -2.36. The van der Waals surface area contributed by atoms with Crippen molar-refractivity contribution in [1.29, 1.82) is 0 Å². The normalized spacial score (nSPS) is 22.3. The standard InChI is InChI=1S/C21H28N4O3S/c1-14(2)18-10-5-15(3)13-19(18)20(26)24-16-6-8-17(9-7-16)29(27,28)25-21-22-11-4-12-23-21/h4,6-9,11-12,14-15,18-19H,5,10,13H2,1-3H3,(H,24,26)(H,22,23,25)/t15-,18+,19-/m1/s1. The van der Waals surface area contributed by atoms with Crippen molar-refractivity contribution < 1.29 is 13.2 Å². The first-order chi connectivity index (χ1) is 13.8. The summed E-state index contributed by atoms with van der Waals surface area (Å²) in [5.41, 5.74) is 0.589.